The first-order chi connectivity index (χ1) is 17.0. The maximum absolute atomic E-state index is 13.7. The van der Waals surface area contributed by atoms with Gasteiger partial charge >= 0.3 is 0 Å². The van der Waals surface area contributed by atoms with E-state index in [4.69, 9.17) is 21.4 Å². The van der Waals surface area contributed by atoms with Crippen LogP contribution in [-0.2, 0) is 4.79 Å². The number of halogens is 3. The maximum atomic E-state index is 13.7. The number of amides is 1. The second-order valence-corrected chi connectivity index (χ2v) is 9.12. The van der Waals surface area contributed by atoms with Crippen molar-refractivity contribution in [3.63, 3.8) is 0 Å². The van der Waals surface area contributed by atoms with Crippen molar-refractivity contribution in [2.75, 3.05) is 6.61 Å². The van der Waals surface area contributed by atoms with Crippen molar-refractivity contribution < 1.29 is 18.3 Å². The van der Waals surface area contributed by atoms with E-state index >= 15 is 0 Å². The van der Waals surface area contributed by atoms with E-state index in [9.17, 15) is 13.6 Å². The van der Waals surface area contributed by atoms with E-state index in [0.717, 1.165) is 41.7 Å². The van der Waals surface area contributed by atoms with Crippen LogP contribution >= 0.6 is 11.6 Å². The number of hydrogen-bond acceptors (Lipinski definition) is 3. The molecule has 0 aromatic heterocycles. The molecule has 7 heteroatoms. The fourth-order valence-electron chi connectivity index (χ4n) is 4.70. The van der Waals surface area contributed by atoms with Gasteiger partial charge in [0, 0.05) is 10.9 Å². The zero-order valence-electron chi connectivity index (χ0n) is 18.8. The van der Waals surface area contributed by atoms with Crippen LogP contribution in [0.1, 0.15) is 36.4 Å². The van der Waals surface area contributed by atoms with Crippen LogP contribution in [0.5, 0.6) is 5.75 Å². The predicted octanol–water partition coefficient (Wildman–Crippen LogP) is 6.82. The molecule has 0 unspecified atom stereocenters. The molecule has 1 fully saturated rings. The molecular weight excluding hydrogens is 470 g/mol. The van der Waals surface area contributed by atoms with Crippen molar-refractivity contribution in [1.29, 1.82) is 0 Å². The van der Waals surface area contributed by atoms with Crippen LogP contribution in [0.25, 0.3) is 6.08 Å². The van der Waals surface area contributed by atoms with E-state index < -0.39 is 0 Å². The lowest BCUT2D eigenvalue weighted by atomic mass is 9.77. The molecule has 0 spiro atoms. The van der Waals surface area contributed by atoms with Crippen LogP contribution in [-0.4, -0.2) is 23.2 Å². The Morgan fingerprint density at radius 2 is 1.66 bits per heavy atom. The minimum Gasteiger partial charge on any atom is -0.484 e. The molecule has 3 aromatic carbocycles. The minimum atomic E-state index is -0.358. The van der Waals surface area contributed by atoms with Gasteiger partial charge in [-0.2, -0.15) is 5.10 Å². The number of allylic oxidation sites excluding steroid dienone is 1. The Hall–Kier alpha value is -3.51. The monoisotopic (exact) mass is 492 g/mol. The second-order valence-electron chi connectivity index (χ2n) is 8.68. The van der Waals surface area contributed by atoms with Gasteiger partial charge in [-0.3, -0.25) is 4.79 Å². The number of carbonyl (C=O) groups is 1. The van der Waals surface area contributed by atoms with Crippen molar-refractivity contribution in [1.82, 2.24) is 5.01 Å². The van der Waals surface area contributed by atoms with Gasteiger partial charge in [-0.25, -0.2) is 13.8 Å². The summed E-state index contributed by atoms with van der Waals surface area (Å²) in [7, 11) is 0. The van der Waals surface area contributed by atoms with Crippen molar-refractivity contribution in [3.8, 4) is 5.75 Å². The molecule has 1 aliphatic carbocycles. The molecule has 1 amide bonds. The summed E-state index contributed by atoms with van der Waals surface area (Å²) in [5.74, 6) is -0.418. The molecule has 0 saturated heterocycles. The van der Waals surface area contributed by atoms with Gasteiger partial charge in [0.25, 0.3) is 5.91 Å². The van der Waals surface area contributed by atoms with E-state index in [1.54, 1.807) is 48.5 Å². The number of fused-ring (bicyclic) bond motifs is 1. The van der Waals surface area contributed by atoms with Crippen LogP contribution in [0.3, 0.4) is 0 Å². The van der Waals surface area contributed by atoms with Crippen LogP contribution in [0.2, 0.25) is 5.02 Å². The number of rotatable bonds is 5. The van der Waals surface area contributed by atoms with Gasteiger partial charge in [0.2, 0.25) is 0 Å². The molecule has 178 valence electrons. The number of hydrogen-bond donors (Lipinski definition) is 0. The molecule has 1 aliphatic heterocycles. The Labute approximate surface area is 207 Å². The Morgan fingerprint density at radius 1 is 1.00 bits per heavy atom. The molecular formula is C28H23ClF2N2O2. The Bertz CT molecular complexity index is 1270. The zero-order chi connectivity index (χ0) is 24.4. The van der Waals surface area contributed by atoms with Gasteiger partial charge in [0.1, 0.15) is 17.4 Å². The summed E-state index contributed by atoms with van der Waals surface area (Å²) in [6, 6.07) is 18.9. The lowest BCUT2D eigenvalue weighted by Gasteiger charge is -2.29. The molecule has 0 bridgehead atoms. The predicted molar refractivity (Wildman–Crippen MR) is 132 cm³/mol. The van der Waals surface area contributed by atoms with Gasteiger partial charge in [0.05, 0.1) is 11.8 Å². The highest BCUT2D eigenvalue weighted by molar-refractivity contribution is 6.30. The molecule has 2 atom stereocenters. The highest BCUT2D eigenvalue weighted by Gasteiger charge is 2.43. The zero-order valence-corrected chi connectivity index (χ0v) is 19.6. The number of hydrazone groups is 1. The second kappa shape index (κ2) is 10.0. The van der Waals surface area contributed by atoms with E-state index in [0.29, 0.717) is 10.8 Å². The molecule has 2 aliphatic rings. The van der Waals surface area contributed by atoms with E-state index in [-0.39, 0.29) is 36.1 Å². The summed E-state index contributed by atoms with van der Waals surface area (Å²) in [5, 5.41) is 6.83. The van der Waals surface area contributed by atoms with E-state index in [1.807, 2.05) is 6.08 Å². The van der Waals surface area contributed by atoms with Crippen molar-refractivity contribution in [3.05, 3.63) is 106 Å². The molecule has 1 saturated carbocycles. The number of benzene rings is 3. The molecule has 1 heterocycles. The fraction of sp³-hybridized carbons (Fsp3) is 0.214. The molecule has 4 nitrogen and oxygen atoms in total. The van der Waals surface area contributed by atoms with Crippen molar-refractivity contribution in [2.24, 2.45) is 11.0 Å². The number of nitrogens with zero attached hydrogens (tertiary/aromatic N) is 2. The van der Waals surface area contributed by atoms with E-state index in [2.05, 4.69) is 0 Å². The van der Waals surface area contributed by atoms with Crippen molar-refractivity contribution >= 4 is 29.3 Å². The van der Waals surface area contributed by atoms with Crippen molar-refractivity contribution in [2.45, 2.75) is 25.3 Å². The third-order valence-corrected chi connectivity index (χ3v) is 6.61. The molecule has 0 radical (unpaired) electrons. The smallest absolute Gasteiger partial charge is 0.281 e. The summed E-state index contributed by atoms with van der Waals surface area (Å²) in [5.41, 5.74) is 3.56. The Kier molecular flexibility index (Phi) is 6.64. The fourth-order valence-corrected chi connectivity index (χ4v) is 4.83. The number of ether oxygens (including phenoxy) is 1. The van der Waals surface area contributed by atoms with Crippen LogP contribution in [0.15, 0.2) is 83.5 Å². The first-order valence-electron chi connectivity index (χ1n) is 11.5. The topological polar surface area (TPSA) is 41.9 Å². The normalized spacial score (nSPS) is 20.5. The molecule has 3 aromatic rings. The SMILES string of the molecule is O=C(COc1ccc(Cl)cc1)N1N=C2/C(=C\c3ccc(F)cc3)CCC[C@@H]2[C@@H]1c1ccc(F)cc1. The Balaban J connectivity index is 1.46. The van der Waals surface area contributed by atoms with Gasteiger partial charge in [0.15, 0.2) is 6.61 Å². The average Bonchev–Trinajstić information content (AvgIpc) is 3.26. The van der Waals surface area contributed by atoms with Gasteiger partial charge < -0.3 is 4.74 Å². The lowest BCUT2D eigenvalue weighted by Crippen LogP contribution is -2.34. The van der Waals surface area contributed by atoms with E-state index in [1.165, 1.54) is 29.3 Å². The molecule has 35 heavy (non-hydrogen) atoms. The lowest BCUT2D eigenvalue weighted by molar-refractivity contribution is -0.135. The van der Waals surface area contributed by atoms with Crippen LogP contribution < -0.4 is 4.74 Å². The quantitative estimate of drug-likeness (QED) is 0.392. The van der Waals surface area contributed by atoms with Gasteiger partial charge in [-0.1, -0.05) is 35.9 Å². The summed E-state index contributed by atoms with van der Waals surface area (Å²) in [6.45, 7) is -0.195. The maximum Gasteiger partial charge on any atom is 0.281 e. The average molecular weight is 493 g/mol. The summed E-state index contributed by atoms with van der Waals surface area (Å²) in [4.78, 5) is 13.3. The summed E-state index contributed by atoms with van der Waals surface area (Å²) < 4.78 is 32.7. The largest absolute Gasteiger partial charge is 0.484 e. The summed E-state index contributed by atoms with van der Waals surface area (Å²) >= 11 is 5.93. The Morgan fingerprint density at radius 3 is 2.34 bits per heavy atom. The van der Waals surface area contributed by atoms with Gasteiger partial charge in [-0.05, 0) is 90.6 Å². The molecule has 0 N–H and O–H groups in total. The third-order valence-electron chi connectivity index (χ3n) is 6.36. The number of carbonyl (C=O) groups excluding carboxylic acids is 1. The van der Waals surface area contributed by atoms with Crippen LogP contribution in [0, 0.1) is 17.6 Å². The first kappa shape index (κ1) is 23.2. The van der Waals surface area contributed by atoms with Crippen LogP contribution in [0.4, 0.5) is 8.78 Å². The first-order valence-corrected chi connectivity index (χ1v) is 11.9. The summed E-state index contributed by atoms with van der Waals surface area (Å²) in [6.07, 6.45) is 4.59. The standard InChI is InChI=1S/C28H23ClF2N2O2/c29-21-8-14-24(15-9-21)35-17-26(34)33-28(19-6-12-23(31)13-7-19)25-3-1-2-20(27(25)32-33)16-18-4-10-22(30)11-5-18/h4-16,25,28H,1-3,17H2/b20-16-/t25-,28-/m0/s1. The highest BCUT2D eigenvalue weighted by Crippen LogP contribution is 2.44. The third kappa shape index (κ3) is 5.13. The highest BCUT2D eigenvalue weighted by atomic mass is 35.5. The molecule has 5 rings (SSSR count). The van der Waals surface area contributed by atoms with Gasteiger partial charge in [-0.15, -0.1) is 0 Å². The minimum absolute atomic E-state index is 0.0274.